The molecule has 2 heterocycles. The fourth-order valence-electron chi connectivity index (χ4n) is 1.30. The number of aromatic nitrogens is 3. The predicted molar refractivity (Wildman–Crippen MR) is 57.4 cm³/mol. The Balaban J connectivity index is 2.24. The van der Waals surface area contributed by atoms with E-state index in [4.69, 9.17) is 11.1 Å². The third-order valence-electron chi connectivity index (χ3n) is 1.95. The van der Waals surface area contributed by atoms with Crippen molar-refractivity contribution in [2.75, 3.05) is 0 Å². The van der Waals surface area contributed by atoms with Gasteiger partial charge in [0.25, 0.3) is 0 Å². The van der Waals surface area contributed by atoms with Gasteiger partial charge >= 0.3 is 0 Å². The van der Waals surface area contributed by atoms with Crippen molar-refractivity contribution in [3.8, 4) is 11.3 Å². The van der Waals surface area contributed by atoms with E-state index in [0.29, 0.717) is 6.54 Å². The second-order valence-electron chi connectivity index (χ2n) is 3.16. The molecule has 0 bridgehead atoms. The number of nitrogens with zero attached hydrogens (tertiary/aromatic N) is 3. The SMILES string of the molecule is N=C(N)Cn1ccc(-c2ccncc2)n1. The Labute approximate surface area is 87.1 Å². The molecule has 0 amide bonds. The molecule has 0 radical (unpaired) electrons. The van der Waals surface area contributed by atoms with E-state index in [1.165, 1.54) is 0 Å². The van der Waals surface area contributed by atoms with Crippen LogP contribution in [-0.2, 0) is 6.54 Å². The van der Waals surface area contributed by atoms with E-state index in [9.17, 15) is 0 Å². The van der Waals surface area contributed by atoms with Gasteiger partial charge in [-0.25, -0.2) is 0 Å². The summed E-state index contributed by atoms with van der Waals surface area (Å²) >= 11 is 0. The minimum atomic E-state index is 0.0966. The molecule has 5 heteroatoms. The number of hydrogen-bond acceptors (Lipinski definition) is 3. The standard InChI is InChI=1S/C10H11N5/c11-10(12)7-15-6-3-9(14-15)8-1-4-13-5-2-8/h1-6H,7H2,(H3,11,12). The van der Waals surface area contributed by atoms with Gasteiger partial charge in [-0.15, -0.1) is 0 Å². The summed E-state index contributed by atoms with van der Waals surface area (Å²) in [6, 6.07) is 5.67. The van der Waals surface area contributed by atoms with Crippen LogP contribution < -0.4 is 5.73 Å². The summed E-state index contributed by atoms with van der Waals surface area (Å²) in [6.07, 6.45) is 5.25. The number of nitrogens with one attached hydrogen (secondary N) is 1. The van der Waals surface area contributed by atoms with Crippen molar-refractivity contribution < 1.29 is 0 Å². The molecule has 15 heavy (non-hydrogen) atoms. The van der Waals surface area contributed by atoms with Gasteiger partial charge in [0, 0.05) is 24.2 Å². The van der Waals surface area contributed by atoms with E-state index in [2.05, 4.69) is 10.1 Å². The maximum atomic E-state index is 7.15. The van der Waals surface area contributed by atoms with E-state index in [1.807, 2.05) is 18.2 Å². The lowest BCUT2D eigenvalue weighted by Crippen LogP contribution is -2.18. The third-order valence-corrected chi connectivity index (χ3v) is 1.95. The lowest BCUT2D eigenvalue weighted by molar-refractivity contribution is 0.721. The Morgan fingerprint density at radius 3 is 2.73 bits per heavy atom. The Bertz CT molecular complexity index is 460. The highest BCUT2D eigenvalue weighted by atomic mass is 15.3. The highest BCUT2D eigenvalue weighted by molar-refractivity contribution is 5.76. The van der Waals surface area contributed by atoms with E-state index in [0.717, 1.165) is 11.3 Å². The molecular formula is C10H11N5. The lowest BCUT2D eigenvalue weighted by Gasteiger charge is -1.98. The average molecular weight is 201 g/mol. The second kappa shape index (κ2) is 3.91. The van der Waals surface area contributed by atoms with Crippen LogP contribution in [0.15, 0.2) is 36.8 Å². The number of pyridine rings is 1. The topological polar surface area (TPSA) is 80.6 Å². The van der Waals surface area contributed by atoms with Crippen LogP contribution >= 0.6 is 0 Å². The van der Waals surface area contributed by atoms with Gasteiger partial charge in [-0.1, -0.05) is 0 Å². The van der Waals surface area contributed by atoms with Crippen LogP contribution in [-0.4, -0.2) is 20.6 Å². The van der Waals surface area contributed by atoms with Crippen molar-refractivity contribution in [2.24, 2.45) is 5.73 Å². The molecule has 0 atom stereocenters. The minimum Gasteiger partial charge on any atom is -0.386 e. The van der Waals surface area contributed by atoms with E-state index < -0.39 is 0 Å². The van der Waals surface area contributed by atoms with E-state index >= 15 is 0 Å². The molecule has 0 aromatic carbocycles. The van der Waals surface area contributed by atoms with Gasteiger partial charge in [-0.2, -0.15) is 5.10 Å². The van der Waals surface area contributed by atoms with Gasteiger partial charge in [0.2, 0.25) is 0 Å². The predicted octanol–water partition coefficient (Wildman–Crippen LogP) is 0.881. The summed E-state index contributed by atoms with van der Waals surface area (Å²) in [5, 5.41) is 11.4. The van der Waals surface area contributed by atoms with Gasteiger partial charge in [0.15, 0.2) is 0 Å². The fraction of sp³-hybridized carbons (Fsp3) is 0.100. The largest absolute Gasteiger partial charge is 0.386 e. The zero-order chi connectivity index (χ0) is 10.7. The Hall–Kier alpha value is -2.17. The lowest BCUT2D eigenvalue weighted by atomic mass is 10.2. The second-order valence-corrected chi connectivity index (χ2v) is 3.16. The molecule has 2 aromatic rings. The van der Waals surface area contributed by atoms with Gasteiger partial charge < -0.3 is 5.73 Å². The van der Waals surface area contributed by atoms with E-state index in [-0.39, 0.29) is 5.84 Å². The molecule has 5 nitrogen and oxygen atoms in total. The smallest absolute Gasteiger partial charge is 0.113 e. The zero-order valence-electron chi connectivity index (χ0n) is 8.09. The molecule has 76 valence electrons. The molecule has 2 rings (SSSR count). The maximum absolute atomic E-state index is 7.15. The Morgan fingerprint density at radius 1 is 1.33 bits per heavy atom. The zero-order valence-corrected chi connectivity index (χ0v) is 8.09. The Kier molecular flexibility index (Phi) is 2.45. The number of rotatable bonds is 3. The normalized spacial score (nSPS) is 10.1. The molecule has 0 unspecified atom stereocenters. The summed E-state index contributed by atoms with van der Waals surface area (Å²) in [5.41, 5.74) is 7.15. The molecule has 0 spiro atoms. The summed E-state index contributed by atoms with van der Waals surface area (Å²) in [4.78, 5) is 3.94. The maximum Gasteiger partial charge on any atom is 0.113 e. The minimum absolute atomic E-state index is 0.0966. The van der Waals surface area contributed by atoms with Crippen LogP contribution in [0.4, 0.5) is 0 Å². The molecule has 0 aliphatic heterocycles. The van der Waals surface area contributed by atoms with Crippen molar-refractivity contribution in [1.82, 2.24) is 14.8 Å². The van der Waals surface area contributed by atoms with Crippen molar-refractivity contribution in [1.29, 1.82) is 5.41 Å². The average Bonchev–Trinajstić information content (AvgIpc) is 2.67. The van der Waals surface area contributed by atoms with Crippen molar-refractivity contribution in [3.63, 3.8) is 0 Å². The summed E-state index contributed by atoms with van der Waals surface area (Å²) in [5.74, 6) is 0.0966. The van der Waals surface area contributed by atoms with Gasteiger partial charge in [0.05, 0.1) is 12.2 Å². The van der Waals surface area contributed by atoms with Crippen LogP contribution in [0.2, 0.25) is 0 Å². The van der Waals surface area contributed by atoms with Gasteiger partial charge in [0.1, 0.15) is 5.84 Å². The first-order valence-corrected chi connectivity index (χ1v) is 4.52. The first-order chi connectivity index (χ1) is 7.25. The third kappa shape index (κ3) is 2.19. The van der Waals surface area contributed by atoms with Crippen molar-refractivity contribution >= 4 is 5.84 Å². The molecular weight excluding hydrogens is 190 g/mol. The molecule has 0 fully saturated rings. The van der Waals surface area contributed by atoms with Crippen LogP contribution in [0.25, 0.3) is 11.3 Å². The molecule has 3 N–H and O–H groups in total. The number of hydrogen-bond donors (Lipinski definition) is 2. The molecule has 0 aliphatic rings. The summed E-state index contributed by atoms with van der Waals surface area (Å²) in [7, 11) is 0. The first kappa shape index (κ1) is 9.39. The quantitative estimate of drug-likeness (QED) is 0.571. The highest BCUT2D eigenvalue weighted by Gasteiger charge is 2.01. The number of nitrogens with two attached hydrogens (primary N) is 1. The van der Waals surface area contributed by atoms with Gasteiger partial charge in [-0.3, -0.25) is 15.1 Å². The first-order valence-electron chi connectivity index (χ1n) is 4.52. The summed E-state index contributed by atoms with van der Waals surface area (Å²) < 4.78 is 1.64. The van der Waals surface area contributed by atoms with Crippen molar-refractivity contribution in [3.05, 3.63) is 36.8 Å². The van der Waals surface area contributed by atoms with Gasteiger partial charge in [-0.05, 0) is 18.2 Å². The summed E-state index contributed by atoms with van der Waals surface area (Å²) in [6.45, 7) is 0.324. The monoisotopic (exact) mass is 201 g/mol. The fourth-order valence-corrected chi connectivity index (χ4v) is 1.30. The van der Waals surface area contributed by atoms with Crippen LogP contribution in [0.1, 0.15) is 0 Å². The molecule has 0 saturated carbocycles. The Morgan fingerprint density at radius 2 is 2.07 bits per heavy atom. The molecule has 0 aliphatic carbocycles. The molecule has 2 aromatic heterocycles. The van der Waals surface area contributed by atoms with Crippen LogP contribution in [0.5, 0.6) is 0 Å². The highest BCUT2D eigenvalue weighted by Crippen LogP contribution is 2.14. The van der Waals surface area contributed by atoms with E-state index in [1.54, 1.807) is 23.3 Å². The number of amidine groups is 1. The van der Waals surface area contributed by atoms with Crippen LogP contribution in [0.3, 0.4) is 0 Å². The van der Waals surface area contributed by atoms with Crippen LogP contribution in [0, 0.1) is 5.41 Å². The van der Waals surface area contributed by atoms with Crippen molar-refractivity contribution in [2.45, 2.75) is 6.54 Å². The molecule has 0 saturated heterocycles.